The van der Waals surface area contributed by atoms with Gasteiger partial charge in [0.05, 0.1) is 53.8 Å². The molecule has 1 aliphatic heterocycles. The number of carbonyl (C=O) groups is 2. The van der Waals surface area contributed by atoms with Crippen molar-refractivity contribution in [1.29, 1.82) is 0 Å². The Morgan fingerprint density at radius 3 is 2.44 bits per heavy atom. The molecule has 1 atom stereocenters. The minimum atomic E-state index is -0.815. The Morgan fingerprint density at radius 2 is 1.80 bits per heavy atom. The minimum Gasteiger partial charge on any atom is -0.493 e. The van der Waals surface area contributed by atoms with Crippen molar-refractivity contribution < 1.29 is 33.3 Å². The number of fused-ring (bicyclic) bond motifs is 1. The summed E-state index contributed by atoms with van der Waals surface area (Å²) >= 11 is 4.60. The maximum absolute atomic E-state index is 14.0. The van der Waals surface area contributed by atoms with Gasteiger partial charge in [0.1, 0.15) is 0 Å². The number of nitrogens with zero attached hydrogens (tertiary/aromatic N) is 2. The highest BCUT2D eigenvalue weighted by atomic mass is 79.9. The fourth-order valence-corrected chi connectivity index (χ4v) is 6.04. The van der Waals surface area contributed by atoms with Crippen LogP contribution in [0.2, 0.25) is 0 Å². The number of carbonyl (C=O) groups excluding carboxylic acids is 2. The summed E-state index contributed by atoms with van der Waals surface area (Å²) in [5.41, 5.74) is 1.62. The molecule has 12 heteroatoms. The number of hydrogen-bond donors (Lipinski definition) is 0. The molecule has 0 spiro atoms. The largest absolute Gasteiger partial charge is 0.493 e. The van der Waals surface area contributed by atoms with Crippen LogP contribution in [-0.2, 0) is 14.3 Å². The van der Waals surface area contributed by atoms with Gasteiger partial charge < -0.3 is 23.7 Å². The lowest BCUT2D eigenvalue weighted by atomic mass is 9.95. The third-order valence-corrected chi connectivity index (χ3v) is 7.69. The van der Waals surface area contributed by atoms with Crippen molar-refractivity contribution >= 4 is 45.3 Å². The molecule has 2 heterocycles. The van der Waals surface area contributed by atoms with Crippen LogP contribution in [0.1, 0.15) is 44.9 Å². The van der Waals surface area contributed by atoms with Gasteiger partial charge in [-0.15, -0.1) is 0 Å². The predicted octanol–water partition coefficient (Wildman–Crippen LogP) is 3.90. The van der Waals surface area contributed by atoms with E-state index in [0.29, 0.717) is 54.5 Å². The number of hydrogen-bond acceptors (Lipinski definition) is 10. The first-order valence-corrected chi connectivity index (χ1v) is 14.3. The van der Waals surface area contributed by atoms with Gasteiger partial charge in [-0.05, 0) is 78.2 Å². The Bertz CT molecular complexity index is 1720. The lowest BCUT2D eigenvalue weighted by Crippen LogP contribution is -2.40. The third kappa shape index (κ3) is 6.08. The molecule has 4 rings (SSSR count). The third-order valence-electron chi connectivity index (χ3n) is 6.12. The van der Waals surface area contributed by atoms with E-state index in [4.69, 9.17) is 23.7 Å². The number of rotatable bonds is 9. The van der Waals surface area contributed by atoms with E-state index in [0.717, 1.165) is 0 Å². The van der Waals surface area contributed by atoms with Gasteiger partial charge in [0, 0.05) is 6.92 Å². The van der Waals surface area contributed by atoms with Gasteiger partial charge in [-0.2, -0.15) is 0 Å². The molecule has 0 N–H and O–H groups in total. The van der Waals surface area contributed by atoms with E-state index in [1.165, 1.54) is 29.9 Å². The molecule has 1 aromatic heterocycles. The second-order valence-corrected chi connectivity index (χ2v) is 10.6. The zero-order valence-electron chi connectivity index (χ0n) is 23.4. The van der Waals surface area contributed by atoms with Gasteiger partial charge >= 0.3 is 11.9 Å². The van der Waals surface area contributed by atoms with Crippen LogP contribution in [0.25, 0.3) is 6.08 Å². The molecule has 2 aromatic carbocycles. The highest BCUT2D eigenvalue weighted by Crippen LogP contribution is 2.38. The molecule has 3 aromatic rings. The average Bonchev–Trinajstić information content (AvgIpc) is 3.23. The topological polar surface area (TPSA) is 115 Å². The van der Waals surface area contributed by atoms with Gasteiger partial charge in [0.25, 0.3) is 5.56 Å². The second-order valence-electron chi connectivity index (χ2n) is 8.77. The van der Waals surface area contributed by atoms with Crippen molar-refractivity contribution in [2.75, 3.05) is 27.4 Å². The standard InChI is InChI=1S/C29H29BrN2O8S/c1-7-38-21-14-18(9-10-20(21)36-5)25-24(28(35)39-8-2)15(3)31-29-32(25)27(34)23(41-29)13-17-11-19(30)26(40-16(4)33)22(12-17)37-6/h9-14,25H,7-8H2,1-6H3/b23-13-/t25-/m0/s1. The molecule has 0 saturated carbocycles. The summed E-state index contributed by atoms with van der Waals surface area (Å²) in [5, 5.41) is 0. The van der Waals surface area contributed by atoms with Gasteiger partial charge in [0.2, 0.25) is 0 Å². The Kier molecular flexibility index (Phi) is 9.34. The Morgan fingerprint density at radius 1 is 1.07 bits per heavy atom. The zero-order valence-corrected chi connectivity index (χ0v) is 25.8. The molecule has 1 aliphatic rings. The maximum Gasteiger partial charge on any atom is 0.338 e. The lowest BCUT2D eigenvalue weighted by molar-refractivity contribution is -0.139. The first-order valence-electron chi connectivity index (χ1n) is 12.7. The fraction of sp³-hybridized carbons (Fsp3) is 0.310. The van der Waals surface area contributed by atoms with Gasteiger partial charge in [-0.1, -0.05) is 17.4 Å². The molecule has 216 valence electrons. The molecule has 0 unspecified atom stereocenters. The second kappa shape index (κ2) is 12.7. The Hall–Kier alpha value is -3.90. The quantitative estimate of drug-likeness (QED) is 0.254. The zero-order chi connectivity index (χ0) is 29.8. The van der Waals surface area contributed by atoms with Crippen molar-refractivity contribution in [3.63, 3.8) is 0 Å². The monoisotopic (exact) mass is 644 g/mol. The summed E-state index contributed by atoms with van der Waals surface area (Å²) in [6.07, 6.45) is 1.69. The first-order chi connectivity index (χ1) is 19.6. The van der Waals surface area contributed by atoms with Crippen LogP contribution in [0.5, 0.6) is 23.0 Å². The van der Waals surface area contributed by atoms with Gasteiger partial charge in [0.15, 0.2) is 27.8 Å². The van der Waals surface area contributed by atoms with E-state index < -0.39 is 18.0 Å². The number of benzene rings is 2. The van der Waals surface area contributed by atoms with E-state index in [-0.39, 0.29) is 23.5 Å². The van der Waals surface area contributed by atoms with E-state index in [9.17, 15) is 14.4 Å². The van der Waals surface area contributed by atoms with E-state index in [1.807, 2.05) is 6.92 Å². The van der Waals surface area contributed by atoms with Crippen LogP contribution in [0.3, 0.4) is 0 Å². The number of halogens is 1. The Labute approximate surface area is 248 Å². The fourth-order valence-electron chi connectivity index (χ4n) is 4.46. The van der Waals surface area contributed by atoms with E-state index >= 15 is 0 Å². The number of ether oxygens (including phenoxy) is 5. The highest BCUT2D eigenvalue weighted by molar-refractivity contribution is 9.10. The molecule has 0 bridgehead atoms. The normalized spacial score (nSPS) is 14.7. The van der Waals surface area contributed by atoms with Gasteiger partial charge in [-0.3, -0.25) is 14.2 Å². The number of esters is 2. The van der Waals surface area contributed by atoms with Crippen LogP contribution in [0.4, 0.5) is 0 Å². The average molecular weight is 646 g/mol. The van der Waals surface area contributed by atoms with Crippen LogP contribution >= 0.6 is 27.3 Å². The number of aromatic nitrogens is 1. The molecular weight excluding hydrogens is 616 g/mol. The summed E-state index contributed by atoms with van der Waals surface area (Å²) < 4.78 is 29.6. The molecule has 0 aliphatic carbocycles. The van der Waals surface area contributed by atoms with Crippen molar-refractivity contribution in [2.24, 2.45) is 4.99 Å². The molecule has 10 nitrogen and oxygen atoms in total. The number of thiazole rings is 1. The molecule has 0 radical (unpaired) electrons. The molecule has 0 amide bonds. The summed E-state index contributed by atoms with van der Waals surface area (Å²) in [7, 11) is 3.00. The van der Waals surface area contributed by atoms with Crippen molar-refractivity contribution in [1.82, 2.24) is 4.57 Å². The van der Waals surface area contributed by atoms with Crippen LogP contribution < -0.4 is 33.8 Å². The number of methoxy groups -OCH3 is 2. The predicted molar refractivity (Wildman–Crippen MR) is 157 cm³/mol. The van der Waals surface area contributed by atoms with Crippen LogP contribution in [-0.4, -0.2) is 43.9 Å². The molecule has 0 saturated heterocycles. The minimum absolute atomic E-state index is 0.166. The summed E-state index contributed by atoms with van der Waals surface area (Å²) in [6, 6.07) is 7.84. The number of allylic oxidation sites excluding steroid dienone is 1. The summed E-state index contributed by atoms with van der Waals surface area (Å²) in [6.45, 7) is 7.16. The molecule has 0 fully saturated rings. The van der Waals surface area contributed by atoms with Crippen LogP contribution in [0.15, 0.2) is 55.9 Å². The summed E-state index contributed by atoms with van der Waals surface area (Å²) in [5.74, 6) is 0.502. The summed E-state index contributed by atoms with van der Waals surface area (Å²) in [4.78, 5) is 43.7. The lowest BCUT2D eigenvalue weighted by Gasteiger charge is -2.25. The first kappa shape index (κ1) is 30.1. The Balaban J connectivity index is 1.94. The SMILES string of the molecule is CCOC(=O)C1=C(C)N=c2s/c(=C\c3cc(Br)c(OC(C)=O)c(OC)c3)c(=O)n2[C@H]1c1ccc(OC)c(OCC)c1. The highest BCUT2D eigenvalue weighted by Gasteiger charge is 2.34. The maximum atomic E-state index is 14.0. The molecule has 41 heavy (non-hydrogen) atoms. The van der Waals surface area contributed by atoms with Crippen LogP contribution in [0, 0.1) is 0 Å². The smallest absolute Gasteiger partial charge is 0.338 e. The van der Waals surface area contributed by atoms with E-state index in [2.05, 4.69) is 20.9 Å². The van der Waals surface area contributed by atoms with Crippen molar-refractivity contribution in [3.05, 3.63) is 76.9 Å². The molecular formula is C29H29BrN2O8S. The van der Waals surface area contributed by atoms with Gasteiger partial charge in [-0.25, -0.2) is 9.79 Å². The van der Waals surface area contributed by atoms with Crippen molar-refractivity contribution in [2.45, 2.75) is 33.7 Å². The van der Waals surface area contributed by atoms with Crippen molar-refractivity contribution in [3.8, 4) is 23.0 Å². The van der Waals surface area contributed by atoms with E-state index in [1.54, 1.807) is 57.4 Å².